The Morgan fingerprint density at radius 3 is 2.03 bits per heavy atom. The molecule has 0 radical (unpaired) electrons. The van der Waals surface area contributed by atoms with E-state index in [1.807, 2.05) is 0 Å². The van der Waals surface area contributed by atoms with Crippen molar-refractivity contribution in [2.45, 2.75) is 45.4 Å². The molecule has 0 saturated heterocycles. The summed E-state index contributed by atoms with van der Waals surface area (Å²) in [6.45, 7) is 11.7. The molecule has 0 spiro atoms. The molecule has 1 atom stereocenters. The minimum Gasteiger partial charge on any atom is -0.0619 e. The van der Waals surface area contributed by atoms with Crippen molar-refractivity contribution in [1.29, 1.82) is 0 Å². The monoisotopic (exact) mass is 400 g/mol. The maximum absolute atomic E-state index is 2.44. The van der Waals surface area contributed by atoms with E-state index >= 15 is 0 Å². The van der Waals surface area contributed by atoms with Crippen molar-refractivity contribution in [3.05, 3.63) is 118 Å². The van der Waals surface area contributed by atoms with Gasteiger partial charge in [0, 0.05) is 10.8 Å². The number of aryl methyl sites for hydroxylation is 2. The molecule has 0 aromatic heterocycles. The molecule has 0 amide bonds. The minimum atomic E-state index is -0.176. The van der Waals surface area contributed by atoms with E-state index < -0.39 is 0 Å². The summed E-state index contributed by atoms with van der Waals surface area (Å²) in [6, 6.07) is 29.8. The van der Waals surface area contributed by atoms with E-state index in [1.54, 1.807) is 0 Å². The van der Waals surface area contributed by atoms with Gasteiger partial charge in [-0.15, -0.1) is 0 Å². The van der Waals surface area contributed by atoms with E-state index in [2.05, 4.69) is 113 Å². The predicted molar refractivity (Wildman–Crippen MR) is 131 cm³/mol. The molecule has 152 valence electrons. The highest BCUT2D eigenvalue weighted by Gasteiger charge is 2.46. The fourth-order valence-corrected chi connectivity index (χ4v) is 6.52. The van der Waals surface area contributed by atoms with Crippen molar-refractivity contribution in [3.63, 3.8) is 0 Å². The maximum atomic E-state index is 2.44. The first kappa shape index (κ1) is 18.6. The molecule has 2 aliphatic carbocycles. The van der Waals surface area contributed by atoms with Crippen LogP contribution in [0.1, 0.15) is 59.7 Å². The van der Waals surface area contributed by atoms with E-state index in [9.17, 15) is 0 Å². The van der Waals surface area contributed by atoms with Gasteiger partial charge in [-0.05, 0) is 76.4 Å². The molecule has 0 aliphatic heterocycles. The Morgan fingerprint density at radius 2 is 1.19 bits per heavy atom. The zero-order chi connectivity index (χ0) is 21.5. The second-order valence-electron chi connectivity index (χ2n) is 10.1. The van der Waals surface area contributed by atoms with E-state index in [1.165, 1.54) is 61.2 Å². The molecule has 0 fully saturated rings. The second kappa shape index (κ2) is 5.98. The molecular formula is C31H28. The highest BCUT2D eigenvalue weighted by Crippen LogP contribution is 2.58. The SMILES string of the molecule is Cc1ccc2c(c1)C(C)(c1cccc3c1-c1cccc(C)c1C3(C)C)c1ccccc1-2. The quantitative estimate of drug-likeness (QED) is 0.304. The van der Waals surface area contributed by atoms with Gasteiger partial charge in [0.25, 0.3) is 0 Å². The van der Waals surface area contributed by atoms with Crippen molar-refractivity contribution in [2.24, 2.45) is 0 Å². The first-order valence-corrected chi connectivity index (χ1v) is 11.3. The summed E-state index contributed by atoms with van der Waals surface area (Å²) in [5, 5.41) is 0. The number of benzene rings is 4. The molecule has 6 rings (SSSR count). The van der Waals surface area contributed by atoms with Crippen molar-refractivity contribution >= 4 is 0 Å². The van der Waals surface area contributed by atoms with Crippen LogP contribution in [0.25, 0.3) is 22.3 Å². The summed E-state index contributed by atoms with van der Waals surface area (Å²) < 4.78 is 0. The van der Waals surface area contributed by atoms with Crippen molar-refractivity contribution in [1.82, 2.24) is 0 Å². The largest absolute Gasteiger partial charge is 0.0619 e. The van der Waals surface area contributed by atoms with Crippen LogP contribution >= 0.6 is 0 Å². The average molecular weight is 401 g/mol. The lowest BCUT2D eigenvalue weighted by molar-refractivity contribution is 0.652. The zero-order valence-electron chi connectivity index (χ0n) is 19.0. The first-order valence-electron chi connectivity index (χ1n) is 11.3. The highest BCUT2D eigenvalue weighted by molar-refractivity contribution is 5.90. The summed E-state index contributed by atoms with van der Waals surface area (Å²) in [6.07, 6.45) is 0. The molecule has 0 heteroatoms. The lowest BCUT2D eigenvalue weighted by Crippen LogP contribution is -2.24. The van der Waals surface area contributed by atoms with Gasteiger partial charge in [-0.1, -0.05) is 98.3 Å². The Kier molecular flexibility index (Phi) is 3.59. The van der Waals surface area contributed by atoms with Gasteiger partial charge in [-0.25, -0.2) is 0 Å². The van der Waals surface area contributed by atoms with Crippen molar-refractivity contribution in [2.75, 3.05) is 0 Å². The van der Waals surface area contributed by atoms with Crippen LogP contribution in [0, 0.1) is 13.8 Å². The summed E-state index contributed by atoms with van der Waals surface area (Å²) in [7, 11) is 0. The van der Waals surface area contributed by atoms with Gasteiger partial charge in [-0.2, -0.15) is 0 Å². The van der Waals surface area contributed by atoms with Gasteiger partial charge in [0.2, 0.25) is 0 Å². The number of hydrogen-bond acceptors (Lipinski definition) is 0. The van der Waals surface area contributed by atoms with Crippen LogP contribution in [0.15, 0.2) is 78.9 Å². The highest BCUT2D eigenvalue weighted by atomic mass is 14.5. The minimum absolute atomic E-state index is 0.00986. The van der Waals surface area contributed by atoms with Gasteiger partial charge < -0.3 is 0 Å². The van der Waals surface area contributed by atoms with Crippen LogP contribution < -0.4 is 0 Å². The summed E-state index contributed by atoms with van der Waals surface area (Å²) in [4.78, 5) is 0. The van der Waals surface area contributed by atoms with Crippen LogP contribution in [0.5, 0.6) is 0 Å². The molecule has 0 saturated carbocycles. The lowest BCUT2D eigenvalue weighted by atomic mass is 9.71. The summed E-state index contributed by atoms with van der Waals surface area (Å²) in [5.41, 5.74) is 15.4. The lowest BCUT2D eigenvalue weighted by Gasteiger charge is -2.31. The van der Waals surface area contributed by atoms with E-state index in [0.29, 0.717) is 0 Å². The van der Waals surface area contributed by atoms with E-state index in [-0.39, 0.29) is 10.8 Å². The number of hydrogen-bond donors (Lipinski definition) is 0. The van der Waals surface area contributed by atoms with Gasteiger partial charge in [0.1, 0.15) is 0 Å². The van der Waals surface area contributed by atoms with E-state index in [0.717, 1.165) is 0 Å². The Labute approximate surface area is 185 Å². The summed E-state index contributed by atoms with van der Waals surface area (Å²) >= 11 is 0. The van der Waals surface area contributed by atoms with Crippen LogP contribution in [0.2, 0.25) is 0 Å². The Balaban J connectivity index is 1.75. The topological polar surface area (TPSA) is 0 Å². The van der Waals surface area contributed by atoms with Crippen LogP contribution in [-0.4, -0.2) is 0 Å². The average Bonchev–Trinajstić information content (AvgIpc) is 3.16. The Hall–Kier alpha value is -3.12. The molecule has 0 bridgehead atoms. The van der Waals surface area contributed by atoms with Crippen LogP contribution in [0.3, 0.4) is 0 Å². The molecule has 0 nitrogen and oxygen atoms in total. The molecule has 2 aliphatic rings. The Morgan fingerprint density at radius 1 is 0.548 bits per heavy atom. The van der Waals surface area contributed by atoms with Crippen molar-refractivity contribution < 1.29 is 0 Å². The third-order valence-corrected chi connectivity index (χ3v) is 7.91. The molecule has 0 heterocycles. The number of fused-ring (bicyclic) bond motifs is 6. The van der Waals surface area contributed by atoms with Crippen LogP contribution in [0.4, 0.5) is 0 Å². The first-order chi connectivity index (χ1) is 14.8. The van der Waals surface area contributed by atoms with Crippen molar-refractivity contribution in [3.8, 4) is 22.3 Å². The fraction of sp³-hybridized carbons (Fsp3) is 0.226. The third kappa shape index (κ3) is 2.20. The van der Waals surface area contributed by atoms with Gasteiger partial charge in [-0.3, -0.25) is 0 Å². The van der Waals surface area contributed by atoms with Crippen LogP contribution in [-0.2, 0) is 10.8 Å². The summed E-state index contributed by atoms with van der Waals surface area (Å²) in [5.74, 6) is 0. The zero-order valence-corrected chi connectivity index (χ0v) is 19.0. The van der Waals surface area contributed by atoms with Gasteiger partial charge in [0.05, 0.1) is 0 Å². The molecule has 0 N–H and O–H groups in total. The molecule has 4 aromatic rings. The second-order valence-corrected chi connectivity index (χ2v) is 10.1. The van der Waals surface area contributed by atoms with Gasteiger partial charge in [0.15, 0.2) is 0 Å². The normalized spacial score (nSPS) is 19.5. The standard InChI is InChI=1S/C31H28/c1-19-16-17-22-21-11-6-7-13-24(21)31(5,27(22)18-19)26-15-9-14-25-28(26)23-12-8-10-20(2)29(23)30(25,3)4/h6-18H,1-5H3. The smallest absolute Gasteiger partial charge is 0.0441 e. The van der Waals surface area contributed by atoms with Gasteiger partial charge >= 0.3 is 0 Å². The van der Waals surface area contributed by atoms with E-state index in [4.69, 9.17) is 0 Å². The Bertz CT molecular complexity index is 1390. The fourth-order valence-electron chi connectivity index (χ4n) is 6.52. The molecular weight excluding hydrogens is 372 g/mol. The third-order valence-electron chi connectivity index (χ3n) is 7.91. The molecule has 1 unspecified atom stereocenters. The molecule has 4 aromatic carbocycles. The maximum Gasteiger partial charge on any atom is 0.0441 e. The number of rotatable bonds is 1. The molecule has 31 heavy (non-hydrogen) atoms. The predicted octanol–water partition coefficient (Wildman–Crippen LogP) is 7.94.